The van der Waals surface area contributed by atoms with Gasteiger partial charge in [-0.3, -0.25) is 0 Å². The molecule has 3 heteroatoms. The molecule has 0 saturated heterocycles. The third-order valence-corrected chi connectivity index (χ3v) is 3.32. The number of hydrogen-bond acceptors (Lipinski definition) is 1. The smallest absolute Gasteiger partial charge is 0.138 e. The molecule has 1 unspecified atom stereocenters. The number of rotatable bonds is 5. The van der Waals surface area contributed by atoms with Crippen molar-refractivity contribution in [3.63, 3.8) is 0 Å². The Hall–Kier alpha value is 0.467. The van der Waals surface area contributed by atoms with Gasteiger partial charge in [0, 0.05) is 0 Å². The molecule has 0 rings (SSSR count). The summed E-state index contributed by atoms with van der Waals surface area (Å²) in [6.45, 7) is 3.40. The van der Waals surface area contributed by atoms with E-state index in [9.17, 15) is 0 Å². The standard InChI is InChI=1S/C7H18ClNSi/c1-9(2)6-4-5-7-10(3)8/h10H,4-7H2,1-3H3. The number of unbranched alkanes of at least 4 members (excludes halogenated alkanes) is 1. The molecule has 0 heterocycles. The van der Waals surface area contributed by atoms with E-state index < -0.39 is 8.11 Å². The molecule has 10 heavy (non-hydrogen) atoms. The number of nitrogens with zero attached hydrogens (tertiary/aromatic N) is 1. The van der Waals surface area contributed by atoms with Crippen LogP contribution in [0.3, 0.4) is 0 Å². The quantitative estimate of drug-likeness (QED) is 0.354. The second-order valence-corrected chi connectivity index (χ2v) is 7.45. The Kier molecular flexibility index (Phi) is 6.48. The maximum absolute atomic E-state index is 5.92. The number of hydrogen-bond donors (Lipinski definition) is 0. The van der Waals surface area contributed by atoms with Gasteiger partial charge in [0.15, 0.2) is 0 Å². The summed E-state index contributed by atoms with van der Waals surface area (Å²) in [6, 6.07) is 1.29. The maximum atomic E-state index is 5.92. The molecule has 0 bridgehead atoms. The predicted molar refractivity (Wildman–Crippen MR) is 51.5 cm³/mol. The molecule has 0 aromatic rings. The van der Waals surface area contributed by atoms with Crippen LogP contribution in [0.1, 0.15) is 12.8 Å². The highest BCUT2D eigenvalue weighted by Gasteiger charge is 1.97. The van der Waals surface area contributed by atoms with Crippen molar-refractivity contribution in [2.45, 2.75) is 25.4 Å². The Balaban J connectivity index is 2.91. The first-order valence-electron chi connectivity index (χ1n) is 3.91. The summed E-state index contributed by atoms with van der Waals surface area (Å²) >= 11 is 5.92. The number of halogens is 1. The fraction of sp³-hybridized carbons (Fsp3) is 1.00. The zero-order valence-electron chi connectivity index (χ0n) is 7.23. The monoisotopic (exact) mass is 179 g/mol. The van der Waals surface area contributed by atoms with Crippen LogP contribution in [0.25, 0.3) is 0 Å². The highest BCUT2D eigenvalue weighted by Crippen LogP contribution is 2.04. The van der Waals surface area contributed by atoms with Crippen molar-refractivity contribution in [1.29, 1.82) is 0 Å². The average Bonchev–Trinajstić information content (AvgIpc) is 1.79. The molecule has 0 aromatic carbocycles. The summed E-state index contributed by atoms with van der Waals surface area (Å²) in [5.41, 5.74) is 0. The van der Waals surface area contributed by atoms with Gasteiger partial charge in [0.05, 0.1) is 0 Å². The van der Waals surface area contributed by atoms with Crippen molar-refractivity contribution in [3.8, 4) is 0 Å². The molecule has 1 nitrogen and oxygen atoms in total. The van der Waals surface area contributed by atoms with Crippen molar-refractivity contribution in [2.75, 3.05) is 20.6 Å². The van der Waals surface area contributed by atoms with Gasteiger partial charge in [-0.05, 0) is 33.1 Å². The van der Waals surface area contributed by atoms with Gasteiger partial charge in [-0.15, -0.1) is 0 Å². The fourth-order valence-electron chi connectivity index (χ4n) is 0.854. The van der Waals surface area contributed by atoms with Gasteiger partial charge in [-0.25, -0.2) is 0 Å². The van der Waals surface area contributed by atoms with Crippen LogP contribution in [-0.4, -0.2) is 33.6 Å². The molecular formula is C7H18ClNSi. The van der Waals surface area contributed by atoms with Crippen LogP contribution in [0.15, 0.2) is 0 Å². The van der Waals surface area contributed by atoms with Gasteiger partial charge < -0.3 is 4.90 Å². The van der Waals surface area contributed by atoms with Crippen molar-refractivity contribution < 1.29 is 0 Å². The summed E-state index contributed by atoms with van der Waals surface area (Å²) < 4.78 is 0. The highest BCUT2D eigenvalue weighted by atomic mass is 35.6. The zero-order chi connectivity index (χ0) is 7.98. The molecule has 0 N–H and O–H groups in total. The lowest BCUT2D eigenvalue weighted by Gasteiger charge is -2.08. The van der Waals surface area contributed by atoms with Crippen LogP contribution in [0, 0.1) is 0 Å². The molecule has 0 aliphatic carbocycles. The topological polar surface area (TPSA) is 3.24 Å². The molecular weight excluding hydrogens is 162 g/mol. The highest BCUT2D eigenvalue weighted by molar-refractivity contribution is 7.06. The third kappa shape index (κ3) is 8.47. The molecule has 0 aliphatic rings. The summed E-state index contributed by atoms with van der Waals surface area (Å²) in [5, 5.41) is 0. The van der Waals surface area contributed by atoms with Crippen molar-refractivity contribution in [3.05, 3.63) is 0 Å². The van der Waals surface area contributed by atoms with E-state index in [0.717, 1.165) is 0 Å². The minimum absolute atomic E-state index is 0.780. The third-order valence-electron chi connectivity index (χ3n) is 1.46. The van der Waals surface area contributed by atoms with Gasteiger partial charge in [-0.1, -0.05) is 13.0 Å². The van der Waals surface area contributed by atoms with Gasteiger partial charge in [0.25, 0.3) is 0 Å². The first-order valence-corrected chi connectivity index (χ1v) is 7.63. The van der Waals surface area contributed by atoms with Crippen molar-refractivity contribution in [2.24, 2.45) is 0 Å². The van der Waals surface area contributed by atoms with E-state index in [1.54, 1.807) is 0 Å². The molecule has 0 radical (unpaired) electrons. The van der Waals surface area contributed by atoms with Crippen LogP contribution in [-0.2, 0) is 0 Å². The first-order chi connectivity index (χ1) is 4.63. The van der Waals surface area contributed by atoms with Gasteiger partial charge >= 0.3 is 0 Å². The molecule has 0 fully saturated rings. The van der Waals surface area contributed by atoms with E-state index in [1.807, 2.05) is 0 Å². The minimum atomic E-state index is -0.780. The lowest BCUT2D eigenvalue weighted by atomic mass is 10.3. The van der Waals surface area contributed by atoms with Crippen LogP contribution in [0.2, 0.25) is 12.6 Å². The van der Waals surface area contributed by atoms with Gasteiger partial charge in [0.2, 0.25) is 0 Å². The molecule has 0 aromatic heterocycles. The van der Waals surface area contributed by atoms with Crippen LogP contribution in [0.5, 0.6) is 0 Å². The zero-order valence-corrected chi connectivity index (χ0v) is 9.14. The Morgan fingerprint density at radius 2 is 1.90 bits per heavy atom. The van der Waals surface area contributed by atoms with Crippen molar-refractivity contribution in [1.82, 2.24) is 4.90 Å². The Bertz CT molecular complexity index is 66.0. The lowest BCUT2D eigenvalue weighted by Crippen LogP contribution is -2.13. The van der Waals surface area contributed by atoms with E-state index >= 15 is 0 Å². The SMILES string of the molecule is CN(C)CCCC[SiH](C)Cl. The second kappa shape index (κ2) is 6.19. The Morgan fingerprint density at radius 1 is 1.30 bits per heavy atom. The maximum Gasteiger partial charge on any atom is 0.138 e. The first kappa shape index (κ1) is 10.5. The van der Waals surface area contributed by atoms with E-state index in [2.05, 4.69) is 25.5 Å². The van der Waals surface area contributed by atoms with Crippen molar-refractivity contribution >= 4 is 19.2 Å². The molecule has 0 saturated carbocycles. The van der Waals surface area contributed by atoms with E-state index in [0.29, 0.717) is 0 Å². The Labute approximate surface area is 70.7 Å². The van der Waals surface area contributed by atoms with Crippen LogP contribution >= 0.6 is 11.1 Å². The normalized spacial score (nSPS) is 14.1. The van der Waals surface area contributed by atoms with E-state index in [4.69, 9.17) is 11.1 Å². The van der Waals surface area contributed by atoms with Gasteiger partial charge in [-0.2, -0.15) is 11.1 Å². The summed E-state index contributed by atoms with van der Waals surface area (Å²) in [5.74, 6) is 0. The largest absolute Gasteiger partial charge is 0.309 e. The predicted octanol–water partition coefficient (Wildman–Crippen LogP) is 1.92. The molecule has 1 atom stereocenters. The molecule has 0 spiro atoms. The van der Waals surface area contributed by atoms with Gasteiger partial charge in [0.1, 0.15) is 8.11 Å². The minimum Gasteiger partial charge on any atom is -0.309 e. The summed E-state index contributed by atoms with van der Waals surface area (Å²) in [6.07, 6.45) is 2.62. The second-order valence-electron chi connectivity index (χ2n) is 3.08. The summed E-state index contributed by atoms with van der Waals surface area (Å²) in [4.78, 5) is 2.22. The molecule has 0 amide bonds. The molecule has 0 aliphatic heterocycles. The lowest BCUT2D eigenvalue weighted by molar-refractivity contribution is 0.398. The van der Waals surface area contributed by atoms with Crippen LogP contribution in [0.4, 0.5) is 0 Å². The fourth-order valence-corrected chi connectivity index (χ4v) is 2.17. The average molecular weight is 180 g/mol. The summed E-state index contributed by atoms with van der Waals surface area (Å²) in [7, 11) is 3.45. The van der Waals surface area contributed by atoms with Crippen LogP contribution < -0.4 is 0 Å². The van der Waals surface area contributed by atoms with E-state index in [-0.39, 0.29) is 0 Å². The van der Waals surface area contributed by atoms with E-state index in [1.165, 1.54) is 25.4 Å². The Morgan fingerprint density at radius 3 is 2.30 bits per heavy atom. The molecule has 62 valence electrons.